The van der Waals surface area contributed by atoms with Crippen molar-refractivity contribution in [2.24, 2.45) is 0 Å². The molecule has 0 spiro atoms. The Balaban J connectivity index is 2.15. The van der Waals surface area contributed by atoms with Gasteiger partial charge < -0.3 is 14.8 Å². The van der Waals surface area contributed by atoms with E-state index in [1.807, 2.05) is 24.3 Å². The SMILES string of the molecule is CC(C)(C)c1ccc(-c2ccc(C(=O)NC(CF)C(=O)O)o2)cc1. The summed E-state index contributed by atoms with van der Waals surface area (Å²) in [5, 5.41) is 10.8. The number of halogens is 1. The zero-order valence-corrected chi connectivity index (χ0v) is 13.8. The fourth-order valence-corrected chi connectivity index (χ4v) is 2.15. The third-order valence-electron chi connectivity index (χ3n) is 3.62. The van der Waals surface area contributed by atoms with Crippen LogP contribution < -0.4 is 5.32 Å². The fraction of sp³-hybridized carbons (Fsp3) is 0.333. The maximum absolute atomic E-state index is 12.6. The predicted molar refractivity (Wildman–Crippen MR) is 87.7 cm³/mol. The molecule has 1 atom stereocenters. The summed E-state index contributed by atoms with van der Waals surface area (Å²) in [6.45, 7) is 5.14. The molecular weight excluding hydrogens is 313 g/mol. The lowest BCUT2D eigenvalue weighted by Gasteiger charge is -2.18. The van der Waals surface area contributed by atoms with Crippen LogP contribution in [0.1, 0.15) is 36.9 Å². The molecule has 1 aromatic carbocycles. The van der Waals surface area contributed by atoms with Gasteiger partial charge in [0.15, 0.2) is 11.8 Å². The number of hydrogen-bond acceptors (Lipinski definition) is 3. The van der Waals surface area contributed by atoms with Crippen molar-refractivity contribution in [3.8, 4) is 11.3 Å². The molecule has 0 saturated heterocycles. The van der Waals surface area contributed by atoms with Crippen LogP contribution in [0.4, 0.5) is 4.39 Å². The number of hydrogen-bond donors (Lipinski definition) is 2. The van der Waals surface area contributed by atoms with Gasteiger partial charge in [-0.05, 0) is 23.1 Å². The van der Waals surface area contributed by atoms with Gasteiger partial charge in [0.2, 0.25) is 0 Å². The molecule has 1 unspecified atom stereocenters. The zero-order chi connectivity index (χ0) is 17.9. The molecule has 5 nitrogen and oxygen atoms in total. The van der Waals surface area contributed by atoms with E-state index >= 15 is 0 Å². The normalized spacial score (nSPS) is 12.7. The van der Waals surface area contributed by atoms with E-state index in [9.17, 15) is 14.0 Å². The Morgan fingerprint density at radius 2 is 1.79 bits per heavy atom. The molecule has 0 aliphatic carbocycles. The van der Waals surface area contributed by atoms with Crippen LogP contribution in [-0.2, 0) is 10.2 Å². The van der Waals surface area contributed by atoms with E-state index < -0.39 is 24.6 Å². The van der Waals surface area contributed by atoms with Gasteiger partial charge in [0.05, 0.1) is 0 Å². The molecule has 0 saturated carbocycles. The van der Waals surface area contributed by atoms with Gasteiger partial charge in [-0.3, -0.25) is 4.79 Å². The molecule has 0 aliphatic rings. The molecule has 0 fully saturated rings. The van der Waals surface area contributed by atoms with Gasteiger partial charge in [0, 0.05) is 5.56 Å². The number of benzene rings is 1. The summed E-state index contributed by atoms with van der Waals surface area (Å²) in [4.78, 5) is 22.7. The first-order chi connectivity index (χ1) is 11.2. The average Bonchev–Trinajstić information content (AvgIpc) is 3.01. The van der Waals surface area contributed by atoms with Crippen LogP contribution >= 0.6 is 0 Å². The molecule has 1 heterocycles. The number of nitrogens with one attached hydrogen (secondary N) is 1. The van der Waals surface area contributed by atoms with E-state index in [-0.39, 0.29) is 11.2 Å². The summed E-state index contributed by atoms with van der Waals surface area (Å²) in [6, 6.07) is 9.22. The van der Waals surface area contributed by atoms with Gasteiger partial charge in [0.25, 0.3) is 5.91 Å². The highest BCUT2D eigenvalue weighted by molar-refractivity contribution is 5.94. The minimum absolute atomic E-state index is 0.0327. The second kappa shape index (κ2) is 6.86. The molecule has 2 N–H and O–H groups in total. The molecule has 0 aliphatic heterocycles. The summed E-state index contributed by atoms with van der Waals surface area (Å²) < 4.78 is 18.0. The van der Waals surface area contributed by atoms with Crippen LogP contribution in [0.25, 0.3) is 11.3 Å². The summed E-state index contributed by atoms with van der Waals surface area (Å²) in [6.07, 6.45) is 0. The molecule has 6 heteroatoms. The maximum atomic E-state index is 12.6. The summed E-state index contributed by atoms with van der Waals surface area (Å²) in [5.74, 6) is -1.79. The number of alkyl halides is 1. The van der Waals surface area contributed by atoms with Crippen LogP contribution in [0.15, 0.2) is 40.8 Å². The van der Waals surface area contributed by atoms with E-state index in [4.69, 9.17) is 9.52 Å². The fourth-order valence-electron chi connectivity index (χ4n) is 2.15. The Bertz CT molecular complexity index is 728. The highest BCUT2D eigenvalue weighted by Gasteiger charge is 2.22. The Morgan fingerprint density at radius 3 is 2.29 bits per heavy atom. The van der Waals surface area contributed by atoms with Crippen molar-refractivity contribution >= 4 is 11.9 Å². The Hall–Kier alpha value is -2.63. The van der Waals surface area contributed by atoms with Crippen LogP contribution in [0, 0.1) is 0 Å². The van der Waals surface area contributed by atoms with Crippen molar-refractivity contribution in [2.45, 2.75) is 32.2 Å². The topological polar surface area (TPSA) is 79.5 Å². The highest BCUT2D eigenvalue weighted by atomic mass is 19.1. The zero-order valence-electron chi connectivity index (χ0n) is 13.8. The van der Waals surface area contributed by atoms with Gasteiger partial charge in [-0.25, -0.2) is 9.18 Å². The van der Waals surface area contributed by atoms with E-state index in [2.05, 4.69) is 26.1 Å². The van der Waals surface area contributed by atoms with Crippen molar-refractivity contribution in [2.75, 3.05) is 6.67 Å². The van der Waals surface area contributed by atoms with Crippen molar-refractivity contribution in [3.05, 3.63) is 47.7 Å². The first-order valence-electron chi connectivity index (χ1n) is 7.53. The second-order valence-corrected chi connectivity index (χ2v) is 6.51. The molecule has 2 rings (SSSR count). The molecule has 128 valence electrons. The summed E-state index contributed by atoms with van der Waals surface area (Å²) in [5.41, 5.74) is 2.00. The second-order valence-electron chi connectivity index (χ2n) is 6.51. The van der Waals surface area contributed by atoms with E-state index in [1.165, 1.54) is 11.6 Å². The third-order valence-corrected chi connectivity index (χ3v) is 3.62. The minimum atomic E-state index is -1.59. The number of carboxylic acid groups (broad SMARTS) is 1. The highest BCUT2D eigenvalue weighted by Crippen LogP contribution is 2.27. The Labute approximate surface area is 139 Å². The molecule has 1 amide bonds. The standard InChI is InChI=1S/C18H20FNO4/c1-18(2,3)12-6-4-11(5-7-12)14-8-9-15(24-14)16(21)20-13(10-19)17(22)23/h4-9,13H,10H2,1-3H3,(H,20,21)(H,22,23). The Morgan fingerprint density at radius 1 is 1.17 bits per heavy atom. The number of amides is 1. The lowest BCUT2D eigenvalue weighted by atomic mass is 9.86. The first kappa shape index (κ1) is 17.7. The van der Waals surface area contributed by atoms with Crippen LogP contribution in [0.2, 0.25) is 0 Å². The van der Waals surface area contributed by atoms with E-state index in [1.54, 1.807) is 6.07 Å². The molecule has 24 heavy (non-hydrogen) atoms. The number of carboxylic acids is 1. The van der Waals surface area contributed by atoms with E-state index in [0.717, 1.165) is 5.56 Å². The number of rotatable bonds is 5. The predicted octanol–water partition coefficient (Wildman–Crippen LogP) is 3.40. The van der Waals surface area contributed by atoms with Gasteiger partial charge >= 0.3 is 5.97 Å². The first-order valence-corrected chi connectivity index (χ1v) is 7.53. The number of carbonyl (C=O) groups is 2. The average molecular weight is 333 g/mol. The largest absolute Gasteiger partial charge is 0.480 e. The number of carbonyl (C=O) groups excluding carboxylic acids is 1. The van der Waals surface area contributed by atoms with Gasteiger partial charge in [-0.2, -0.15) is 0 Å². The van der Waals surface area contributed by atoms with Crippen molar-refractivity contribution < 1.29 is 23.5 Å². The third kappa shape index (κ3) is 4.01. The van der Waals surface area contributed by atoms with Gasteiger partial charge in [-0.15, -0.1) is 0 Å². The van der Waals surface area contributed by atoms with Crippen molar-refractivity contribution in [3.63, 3.8) is 0 Å². The quantitative estimate of drug-likeness (QED) is 0.879. The van der Waals surface area contributed by atoms with Gasteiger partial charge in [0.1, 0.15) is 12.4 Å². The molecule has 0 radical (unpaired) electrons. The molecule has 0 bridgehead atoms. The lowest BCUT2D eigenvalue weighted by Crippen LogP contribution is -2.42. The van der Waals surface area contributed by atoms with E-state index in [0.29, 0.717) is 5.76 Å². The molecular formula is C18H20FNO4. The molecule has 2 aromatic rings. The Kier molecular flexibility index (Phi) is 5.07. The number of aliphatic carboxylic acids is 1. The summed E-state index contributed by atoms with van der Waals surface area (Å²) in [7, 11) is 0. The summed E-state index contributed by atoms with van der Waals surface area (Å²) >= 11 is 0. The van der Waals surface area contributed by atoms with Crippen LogP contribution in [0.5, 0.6) is 0 Å². The maximum Gasteiger partial charge on any atom is 0.328 e. The lowest BCUT2D eigenvalue weighted by molar-refractivity contribution is -0.139. The minimum Gasteiger partial charge on any atom is -0.480 e. The van der Waals surface area contributed by atoms with Crippen molar-refractivity contribution in [1.82, 2.24) is 5.32 Å². The van der Waals surface area contributed by atoms with Crippen molar-refractivity contribution in [1.29, 1.82) is 0 Å². The van der Waals surface area contributed by atoms with Crippen LogP contribution in [0.3, 0.4) is 0 Å². The number of furan rings is 1. The van der Waals surface area contributed by atoms with Crippen LogP contribution in [-0.4, -0.2) is 29.7 Å². The smallest absolute Gasteiger partial charge is 0.328 e. The monoisotopic (exact) mass is 333 g/mol. The molecule has 1 aromatic heterocycles. The van der Waals surface area contributed by atoms with Gasteiger partial charge in [-0.1, -0.05) is 45.0 Å².